The molecule has 106 valence electrons. The predicted molar refractivity (Wildman–Crippen MR) is 73.3 cm³/mol. The van der Waals surface area contributed by atoms with Crippen molar-refractivity contribution in [2.24, 2.45) is 5.92 Å². The Morgan fingerprint density at radius 1 is 1.39 bits per heavy atom. The third-order valence-electron chi connectivity index (χ3n) is 3.69. The first-order valence-corrected chi connectivity index (χ1v) is 7.31. The molecule has 1 fully saturated rings. The zero-order valence-corrected chi connectivity index (χ0v) is 11.7. The number of hydrogen-bond donors (Lipinski definition) is 3. The molecule has 3 unspecified atom stereocenters. The number of aliphatic hydroxyl groups is 1. The summed E-state index contributed by atoms with van der Waals surface area (Å²) in [6, 6.07) is 0.254. The van der Waals surface area contributed by atoms with Crippen molar-refractivity contribution in [3.05, 3.63) is 0 Å². The van der Waals surface area contributed by atoms with Crippen molar-refractivity contribution in [1.29, 1.82) is 0 Å². The van der Waals surface area contributed by atoms with Crippen LogP contribution < -0.4 is 10.6 Å². The topological polar surface area (TPSA) is 61.4 Å². The van der Waals surface area contributed by atoms with E-state index in [2.05, 4.69) is 17.6 Å². The lowest BCUT2D eigenvalue weighted by Crippen LogP contribution is -2.42. The average Bonchev–Trinajstić information content (AvgIpc) is 2.31. The van der Waals surface area contributed by atoms with Crippen molar-refractivity contribution in [3.63, 3.8) is 0 Å². The highest BCUT2D eigenvalue weighted by atomic mass is 16.3. The fourth-order valence-electron chi connectivity index (χ4n) is 2.63. The van der Waals surface area contributed by atoms with Crippen LogP contribution in [0.25, 0.3) is 0 Å². The van der Waals surface area contributed by atoms with Crippen molar-refractivity contribution in [1.82, 2.24) is 10.6 Å². The maximum atomic E-state index is 11.6. The highest BCUT2D eigenvalue weighted by molar-refractivity contribution is 5.78. The molecular weight excluding hydrogens is 228 g/mol. The molecule has 0 spiro atoms. The Bertz CT molecular complexity index is 246. The molecule has 3 N–H and O–H groups in total. The molecule has 1 saturated carbocycles. The first-order valence-electron chi connectivity index (χ1n) is 7.31. The van der Waals surface area contributed by atoms with E-state index in [0.29, 0.717) is 12.5 Å². The third kappa shape index (κ3) is 5.83. The summed E-state index contributed by atoms with van der Waals surface area (Å²) >= 11 is 0. The summed E-state index contributed by atoms with van der Waals surface area (Å²) in [6.45, 7) is 5.26. The van der Waals surface area contributed by atoms with Gasteiger partial charge < -0.3 is 15.7 Å². The quantitative estimate of drug-likeness (QED) is 0.646. The molecule has 0 saturated heterocycles. The van der Waals surface area contributed by atoms with Gasteiger partial charge >= 0.3 is 0 Å². The molecule has 0 aliphatic heterocycles. The van der Waals surface area contributed by atoms with Crippen molar-refractivity contribution >= 4 is 5.91 Å². The van der Waals surface area contributed by atoms with Gasteiger partial charge in [0.15, 0.2) is 0 Å². The van der Waals surface area contributed by atoms with Crippen LogP contribution in [-0.2, 0) is 4.79 Å². The largest absolute Gasteiger partial charge is 0.393 e. The van der Waals surface area contributed by atoms with E-state index in [0.717, 1.165) is 38.6 Å². The van der Waals surface area contributed by atoms with E-state index in [-0.39, 0.29) is 18.1 Å². The summed E-state index contributed by atoms with van der Waals surface area (Å²) in [5, 5.41) is 15.9. The molecular formula is C14H28N2O2. The molecule has 1 rings (SSSR count). The van der Waals surface area contributed by atoms with E-state index in [4.69, 9.17) is 0 Å². The standard InChI is InChI=1S/C14H28N2O2/c1-3-6-11(2)16-14(18)10-15-9-12-7-4-5-8-13(12)17/h11-13,15,17H,3-10H2,1-2H3,(H,16,18). The van der Waals surface area contributed by atoms with Crippen LogP contribution in [0.4, 0.5) is 0 Å². The highest BCUT2D eigenvalue weighted by Gasteiger charge is 2.22. The van der Waals surface area contributed by atoms with Gasteiger partial charge in [0.05, 0.1) is 12.6 Å². The van der Waals surface area contributed by atoms with Crippen LogP contribution in [0.15, 0.2) is 0 Å². The molecule has 0 bridgehead atoms. The molecule has 4 heteroatoms. The second kappa shape index (κ2) is 8.48. The van der Waals surface area contributed by atoms with Crippen LogP contribution in [-0.4, -0.2) is 36.2 Å². The van der Waals surface area contributed by atoms with Gasteiger partial charge in [-0.25, -0.2) is 0 Å². The van der Waals surface area contributed by atoms with Crippen molar-refractivity contribution < 1.29 is 9.90 Å². The van der Waals surface area contributed by atoms with Gasteiger partial charge in [-0.3, -0.25) is 4.79 Å². The second-order valence-electron chi connectivity index (χ2n) is 5.50. The lowest BCUT2D eigenvalue weighted by Gasteiger charge is -2.27. The lowest BCUT2D eigenvalue weighted by molar-refractivity contribution is -0.120. The molecule has 1 amide bonds. The Morgan fingerprint density at radius 2 is 2.11 bits per heavy atom. The molecule has 1 aliphatic carbocycles. The highest BCUT2D eigenvalue weighted by Crippen LogP contribution is 2.23. The smallest absolute Gasteiger partial charge is 0.234 e. The second-order valence-corrected chi connectivity index (χ2v) is 5.50. The van der Waals surface area contributed by atoms with Gasteiger partial charge in [-0.1, -0.05) is 26.2 Å². The first-order chi connectivity index (χ1) is 8.63. The summed E-state index contributed by atoms with van der Waals surface area (Å²) < 4.78 is 0. The Kier molecular flexibility index (Phi) is 7.28. The van der Waals surface area contributed by atoms with Gasteiger partial charge in [0.2, 0.25) is 5.91 Å². The third-order valence-corrected chi connectivity index (χ3v) is 3.69. The Morgan fingerprint density at radius 3 is 2.78 bits per heavy atom. The fraction of sp³-hybridized carbons (Fsp3) is 0.929. The minimum atomic E-state index is -0.187. The van der Waals surface area contributed by atoms with Gasteiger partial charge in [-0.2, -0.15) is 0 Å². The number of amides is 1. The van der Waals surface area contributed by atoms with Gasteiger partial charge in [-0.05, 0) is 32.1 Å². The summed E-state index contributed by atoms with van der Waals surface area (Å²) in [7, 11) is 0. The normalized spacial score (nSPS) is 25.7. The average molecular weight is 256 g/mol. The van der Waals surface area contributed by atoms with Crippen molar-refractivity contribution in [2.45, 2.75) is 64.5 Å². The molecule has 0 aromatic rings. The number of aliphatic hydroxyl groups excluding tert-OH is 1. The summed E-state index contributed by atoms with van der Waals surface area (Å²) in [5.41, 5.74) is 0. The predicted octanol–water partition coefficient (Wildman–Crippen LogP) is 1.43. The molecule has 18 heavy (non-hydrogen) atoms. The fourth-order valence-corrected chi connectivity index (χ4v) is 2.63. The summed E-state index contributed by atoms with van der Waals surface area (Å²) in [5.74, 6) is 0.376. The molecule has 0 aromatic carbocycles. The minimum Gasteiger partial charge on any atom is -0.393 e. The van der Waals surface area contributed by atoms with E-state index in [1.807, 2.05) is 6.92 Å². The van der Waals surface area contributed by atoms with Crippen molar-refractivity contribution in [2.75, 3.05) is 13.1 Å². The monoisotopic (exact) mass is 256 g/mol. The molecule has 0 radical (unpaired) electrons. The number of rotatable bonds is 7. The van der Waals surface area contributed by atoms with Crippen LogP contribution in [0, 0.1) is 5.92 Å². The Labute approximate surface area is 111 Å². The minimum absolute atomic E-state index is 0.0567. The summed E-state index contributed by atoms with van der Waals surface area (Å²) in [6.07, 6.45) is 6.23. The van der Waals surface area contributed by atoms with Crippen LogP contribution in [0.1, 0.15) is 52.4 Å². The van der Waals surface area contributed by atoms with E-state index in [1.165, 1.54) is 6.42 Å². The van der Waals surface area contributed by atoms with Gasteiger partial charge in [0.25, 0.3) is 0 Å². The van der Waals surface area contributed by atoms with Crippen molar-refractivity contribution in [3.8, 4) is 0 Å². The molecule has 1 aliphatic rings. The first kappa shape index (κ1) is 15.4. The van der Waals surface area contributed by atoms with E-state index < -0.39 is 0 Å². The van der Waals surface area contributed by atoms with Gasteiger partial charge in [-0.15, -0.1) is 0 Å². The number of hydrogen-bond acceptors (Lipinski definition) is 3. The maximum absolute atomic E-state index is 11.6. The Balaban J connectivity index is 2.11. The number of carbonyl (C=O) groups excluding carboxylic acids is 1. The van der Waals surface area contributed by atoms with E-state index in [9.17, 15) is 9.90 Å². The number of carbonyl (C=O) groups is 1. The van der Waals surface area contributed by atoms with E-state index >= 15 is 0 Å². The Hall–Kier alpha value is -0.610. The lowest BCUT2D eigenvalue weighted by atomic mass is 9.86. The van der Waals surface area contributed by atoms with Gasteiger partial charge in [0, 0.05) is 12.6 Å². The van der Waals surface area contributed by atoms with E-state index in [1.54, 1.807) is 0 Å². The molecule has 4 nitrogen and oxygen atoms in total. The SMILES string of the molecule is CCCC(C)NC(=O)CNCC1CCCCC1O. The van der Waals surface area contributed by atoms with Crippen LogP contribution >= 0.6 is 0 Å². The van der Waals surface area contributed by atoms with Crippen LogP contribution in [0.2, 0.25) is 0 Å². The van der Waals surface area contributed by atoms with Crippen LogP contribution in [0.5, 0.6) is 0 Å². The zero-order valence-electron chi connectivity index (χ0n) is 11.7. The number of nitrogens with one attached hydrogen (secondary N) is 2. The molecule has 0 aromatic heterocycles. The molecule has 0 heterocycles. The zero-order chi connectivity index (χ0) is 13.4. The molecule has 3 atom stereocenters. The maximum Gasteiger partial charge on any atom is 0.234 e. The van der Waals surface area contributed by atoms with Gasteiger partial charge in [0.1, 0.15) is 0 Å². The van der Waals surface area contributed by atoms with Crippen LogP contribution in [0.3, 0.4) is 0 Å². The summed E-state index contributed by atoms with van der Waals surface area (Å²) in [4.78, 5) is 11.6.